The maximum absolute atomic E-state index is 10.8. The lowest BCUT2D eigenvalue weighted by Crippen LogP contribution is -2.29. The Morgan fingerprint density at radius 1 is 1.27 bits per heavy atom. The molecule has 0 aliphatic heterocycles. The van der Waals surface area contributed by atoms with Gasteiger partial charge in [-0.05, 0) is 38.5 Å². The highest BCUT2D eigenvalue weighted by atomic mass is 16.5. The third kappa shape index (κ3) is 3.82. The van der Waals surface area contributed by atoms with Crippen LogP contribution in [0.1, 0.15) is 52.4 Å². The molecule has 0 amide bonds. The van der Waals surface area contributed by atoms with Crippen LogP contribution in [-0.2, 0) is 9.53 Å². The number of carboxylic acid groups (broad SMARTS) is 1. The number of rotatable bonds is 5. The van der Waals surface area contributed by atoms with E-state index in [1.54, 1.807) is 0 Å². The molecule has 15 heavy (non-hydrogen) atoms. The molecule has 1 fully saturated rings. The van der Waals surface area contributed by atoms with Crippen molar-refractivity contribution in [2.45, 2.75) is 64.6 Å². The Hall–Kier alpha value is -0.570. The van der Waals surface area contributed by atoms with Gasteiger partial charge >= 0.3 is 5.97 Å². The monoisotopic (exact) mass is 214 g/mol. The fourth-order valence-corrected chi connectivity index (χ4v) is 2.20. The predicted molar refractivity (Wildman–Crippen MR) is 58.8 cm³/mol. The van der Waals surface area contributed by atoms with Gasteiger partial charge in [0.05, 0.1) is 18.1 Å². The number of ether oxygens (including phenoxy) is 1. The van der Waals surface area contributed by atoms with Crippen LogP contribution < -0.4 is 0 Å². The van der Waals surface area contributed by atoms with Gasteiger partial charge < -0.3 is 9.84 Å². The molecule has 0 aromatic carbocycles. The van der Waals surface area contributed by atoms with Crippen molar-refractivity contribution in [2.24, 2.45) is 5.92 Å². The summed E-state index contributed by atoms with van der Waals surface area (Å²) in [6.07, 6.45) is 6.13. The first kappa shape index (κ1) is 12.5. The molecule has 1 aliphatic carbocycles. The smallest absolute Gasteiger partial charge is 0.306 e. The second-order valence-electron chi connectivity index (χ2n) is 4.39. The molecular formula is C12H22O3. The van der Waals surface area contributed by atoms with E-state index in [0.717, 1.165) is 38.5 Å². The second-order valence-corrected chi connectivity index (χ2v) is 4.39. The third-order valence-electron chi connectivity index (χ3n) is 3.32. The van der Waals surface area contributed by atoms with Crippen LogP contribution in [0, 0.1) is 5.92 Å². The van der Waals surface area contributed by atoms with Crippen LogP contribution >= 0.6 is 0 Å². The molecule has 0 aromatic rings. The molecule has 0 unspecified atom stereocenters. The van der Waals surface area contributed by atoms with Gasteiger partial charge in [0.15, 0.2) is 0 Å². The molecule has 88 valence electrons. The molecule has 0 bridgehead atoms. The third-order valence-corrected chi connectivity index (χ3v) is 3.32. The van der Waals surface area contributed by atoms with Gasteiger partial charge in [-0.3, -0.25) is 4.79 Å². The summed E-state index contributed by atoms with van der Waals surface area (Å²) in [5.74, 6) is -0.775. The molecule has 0 aromatic heterocycles. The van der Waals surface area contributed by atoms with Crippen molar-refractivity contribution in [1.29, 1.82) is 0 Å². The average molecular weight is 214 g/mol. The Labute approximate surface area is 91.8 Å². The first-order valence-corrected chi connectivity index (χ1v) is 6.05. The molecule has 3 heteroatoms. The van der Waals surface area contributed by atoms with Crippen LogP contribution in [0.15, 0.2) is 0 Å². The summed E-state index contributed by atoms with van der Waals surface area (Å²) in [6, 6.07) is 0. The van der Waals surface area contributed by atoms with E-state index >= 15 is 0 Å². The van der Waals surface area contributed by atoms with Gasteiger partial charge in [0.2, 0.25) is 0 Å². The number of hydrogen-bond donors (Lipinski definition) is 1. The van der Waals surface area contributed by atoms with Crippen molar-refractivity contribution in [1.82, 2.24) is 0 Å². The van der Waals surface area contributed by atoms with Crippen molar-refractivity contribution in [2.75, 3.05) is 0 Å². The van der Waals surface area contributed by atoms with Crippen molar-refractivity contribution < 1.29 is 14.6 Å². The zero-order valence-corrected chi connectivity index (χ0v) is 9.74. The SMILES string of the molecule is CCC(CC)OC1CCC(C(=O)O)CC1. The standard InChI is InChI=1S/C12H22O3/c1-3-10(4-2)15-11-7-5-9(6-8-11)12(13)14/h9-11H,3-8H2,1-2H3,(H,13,14). The predicted octanol–water partition coefficient (Wildman–Crippen LogP) is 2.84. The Balaban J connectivity index is 2.28. The zero-order chi connectivity index (χ0) is 11.3. The maximum atomic E-state index is 10.8. The van der Waals surface area contributed by atoms with Crippen molar-refractivity contribution in [3.8, 4) is 0 Å². The number of aliphatic carboxylic acids is 1. The van der Waals surface area contributed by atoms with Crippen molar-refractivity contribution in [3.05, 3.63) is 0 Å². The second kappa shape index (κ2) is 6.11. The van der Waals surface area contributed by atoms with E-state index in [1.807, 2.05) is 0 Å². The van der Waals surface area contributed by atoms with Crippen LogP contribution in [0.5, 0.6) is 0 Å². The molecule has 0 heterocycles. The van der Waals surface area contributed by atoms with Gasteiger partial charge in [0.25, 0.3) is 0 Å². The Bertz CT molecular complexity index is 191. The molecule has 1 rings (SSSR count). The fraction of sp³-hybridized carbons (Fsp3) is 0.917. The summed E-state index contributed by atoms with van der Waals surface area (Å²) in [5.41, 5.74) is 0. The minimum absolute atomic E-state index is 0.133. The van der Waals surface area contributed by atoms with Crippen LogP contribution in [0.4, 0.5) is 0 Å². The molecular weight excluding hydrogens is 192 g/mol. The molecule has 1 aliphatic rings. The van der Waals surface area contributed by atoms with Crippen LogP contribution in [0.25, 0.3) is 0 Å². The van der Waals surface area contributed by atoms with Gasteiger partial charge in [0, 0.05) is 0 Å². The molecule has 0 spiro atoms. The molecule has 1 N–H and O–H groups in total. The van der Waals surface area contributed by atoms with Crippen LogP contribution in [0.3, 0.4) is 0 Å². The van der Waals surface area contributed by atoms with E-state index in [2.05, 4.69) is 13.8 Å². The number of carbonyl (C=O) groups is 1. The Morgan fingerprint density at radius 2 is 1.80 bits per heavy atom. The summed E-state index contributed by atoms with van der Waals surface area (Å²) >= 11 is 0. The Morgan fingerprint density at radius 3 is 2.20 bits per heavy atom. The highest BCUT2D eigenvalue weighted by molar-refractivity contribution is 5.70. The van der Waals surface area contributed by atoms with E-state index in [1.165, 1.54) is 0 Å². The molecule has 3 nitrogen and oxygen atoms in total. The summed E-state index contributed by atoms with van der Waals surface area (Å²) in [6.45, 7) is 4.27. The fourth-order valence-electron chi connectivity index (χ4n) is 2.20. The summed E-state index contributed by atoms with van der Waals surface area (Å²) in [5, 5.41) is 8.86. The lowest BCUT2D eigenvalue weighted by Gasteiger charge is -2.29. The molecule has 0 saturated heterocycles. The topological polar surface area (TPSA) is 46.5 Å². The maximum Gasteiger partial charge on any atom is 0.306 e. The first-order valence-electron chi connectivity index (χ1n) is 6.05. The van der Waals surface area contributed by atoms with Crippen LogP contribution in [-0.4, -0.2) is 23.3 Å². The van der Waals surface area contributed by atoms with Gasteiger partial charge in [-0.15, -0.1) is 0 Å². The van der Waals surface area contributed by atoms with Gasteiger partial charge in [-0.2, -0.15) is 0 Å². The Kier molecular flexibility index (Phi) is 5.09. The van der Waals surface area contributed by atoms with Gasteiger partial charge in [-0.1, -0.05) is 13.8 Å². The largest absolute Gasteiger partial charge is 0.481 e. The minimum atomic E-state index is -0.643. The summed E-state index contributed by atoms with van der Waals surface area (Å²) in [7, 11) is 0. The first-order chi connectivity index (χ1) is 7.17. The highest BCUT2D eigenvalue weighted by Gasteiger charge is 2.27. The molecule has 0 atom stereocenters. The van der Waals surface area contributed by atoms with Crippen molar-refractivity contribution >= 4 is 5.97 Å². The lowest BCUT2D eigenvalue weighted by molar-refractivity contribution is -0.144. The summed E-state index contributed by atoms with van der Waals surface area (Å²) in [4.78, 5) is 10.8. The van der Waals surface area contributed by atoms with E-state index in [0.29, 0.717) is 12.2 Å². The van der Waals surface area contributed by atoms with E-state index < -0.39 is 5.97 Å². The normalized spacial score (nSPS) is 26.9. The van der Waals surface area contributed by atoms with Crippen molar-refractivity contribution in [3.63, 3.8) is 0 Å². The van der Waals surface area contributed by atoms with E-state index in [9.17, 15) is 4.79 Å². The van der Waals surface area contributed by atoms with Gasteiger partial charge in [0.1, 0.15) is 0 Å². The number of hydrogen-bond acceptors (Lipinski definition) is 2. The zero-order valence-electron chi connectivity index (χ0n) is 9.74. The van der Waals surface area contributed by atoms with E-state index in [4.69, 9.17) is 9.84 Å². The molecule has 0 radical (unpaired) electrons. The minimum Gasteiger partial charge on any atom is -0.481 e. The van der Waals surface area contributed by atoms with Gasteiger partial charge in [-0.25, -0.2) is 0 Å². The average Bonchev–Trinajstić information content (AvgIpc) is 2.26. The lowest BCUT2D eigenvalue weighted by atomic mass is 9.87. The number of carboxylic acids is 1. The molecule has 1 saturated carbocycles. The quantitative estimate of drug-likeness (QED) is 0.765. The van der Waals surface area contributed by atoms with E-state index in [-0.39, 0.29) is 5.92 Å². The highest BCUT2D eigenvalue weighted by Crippen LogP contribution is 2.27. The summed E-state index contributed by atoms with van der Waals surface area (Å²) < 4.78 is 5.92. The van der Waals surface area contributed by atoms with Crippen LogP contribution in [0.2, 0.25) is 0 Å².